The number of carboxylic acid groups (broad SMARTS) is 1. The van der Waals surface area contributed by atoms with Crippen molar-refractivity contribution < 1.29 is 14.6 Å². The second-order valence-electron chi connectivity index (χ2n) is 3.82. The van der Waals surface area contributed by atoms with Crippen LogP contribution in [-0.4, -0.2) is 51.8 Å². The number of nitrogens with zero attached hydrogens (tertiary/aromatic N) is 3. The third-order valence-corrected chi connectivity index (χ3v) is 2.82. The number of fused-ring (bicyclic) bond motifs is 1. The zero-order valence-corrected chi connectivity index (χ0v) is 9.17. The van der Waals surface area contributed by atoms with Gasteiger partial charge in [-0.05, 0) is 0 Å². The van der Waals surface area contributed by atoms with Crippen LogP contribution in [0.1, 0.15) is 5.82 Å². The summed E-state index contributed by atoms with van der Waals surface area (Å²) in [7, 11) is 1.51. The van der Waals surface area contributed by atoms with E-state index < -0.39 is 12.0 Å². The Bertz CT molecular complexity index is 377. The van der Waals surface area contributed by atoms with E-state index in [4.69, 9.17) is 9.84 Å². The van der Waals surface area contributed by atoms with Crippen LogP contribution in [0.2, 0.25) is 0 Å². The molecule has 2 heterocycles. The molecule has 1 unspecified atom stereocenters. The molecule has 0 saturated heterocycles. The monoisotopic (exact) mass is 225 g/mol. The van der Waals surface area contributed by atoms with Crippen molar-refractivity contribution in [2.45, 2.75) is 19.1 Å². The van der Waals surface area contributed by atoms with E-state index in [1.807, 2.05) is 15.7 Å². The summed E-state index contributed by atoms with van der Waals surface area (Å²) in [6, 6.07) is -0.588. The van der Waals surface area contributed by atoms with Crippen molar-refractivity contribution >= 4 is 5.97 Å². The number of aliphatic carboxylic acids is 1. The molecule has 0 aromatic carbocycles. The van der Waals surface area contributed by atoms with Crippen molar-refractivity contribution in [2.75, 3.05) is 20.3 Å². The van der Waals surface area contributed by atoms with Crippen LogP contribution in [0, 0.1) is 0 Å². The Hall–Kier alpha value is -1.40. The molecule has 0 spiro atoms. The quantitative estimate of drug-likeness (QED) is 0.768. The number of ether oxygens (including phenoxy) is 1. The molecule has 0 aliphatic carbocycles. The first kappa shape index (κ1) is 11.1. The molecular weight excluding hydrogens is 210 g/mol. The molecule has 1 N–H and O–H groups in total. The summed E-state index contributed by atoms with van der Waals surface area (Å²) >= 11 is 0. The van der Waals surface area contributed by atoms with Crippen molar-refractivity contribution in [3.8, 4) is 0 Å². The molecule has 88 valence electrons. The molecule has 1 atom stereocenters. The number of aromatic nitrogens is 2. The topological polar surface area (TPSA) is 67.6 Å². The van der Waals surface area contributed by atoms with Gasteiger partial charge >= 0.3 is 5.97 Å². The van der Waals surface area contributed by atoms with Crippen molar-refractivity contribution in [2.24, 2.45) is 0 Å². The summed E-state index contributed by atoms with van der Waals surface area (Å²) < 4.78 is 6.98. The van der Waals surface area contributed by atoms with Crippen LogP contribution in [-0.2, 0) is 22.6 Å². The summed E-state index contributed by atoms with van der Waals surface area (Å²) in [6.07, 6.45) is 3.66. The number of hydrogen-bond acceptors (Lipinski definition) is 4. The van der Waals surface area contributed by atoms with Crippen LogP contribution in [0.15, 0.2) is 12.4 Å². The van der Waals surface area contributed by atoms with Gasteiger partial charge in [0.2, 0.25) is 0 Å². The van der Waals surface area contributed by atoms with Gasteiger partial charge in [-0.25, -0.2) is 4.98 Å². The van der Waals surface area contributed by atoms with Gasteiger partial charge in [-0.15, -0.1) is 0 Å². The fourth-order valence-corrected chi connectivity index (χ4v) is 1.95. The Morgan fingerprint density at radius 2 is 2.50 bits per heavy atom. The molecule has 0 radical (unpaired) electrons. The lowest BCUT2D eigenvalue weighted by Gasteiger charge is -2.31. The molecule has 16 heavy (non-hydrogen) atoms. The Morgan fingerprint density at radius 3 is 3.19 bits per heavy atom. The van der Waals surface area contributed by atoms with E-state index in [0.717, 1.165) is 12.4 Å². The van der Waals surface area contributed by atoms with Crippen LogP contribution >= 0.6 is 0 Å². The second kappa shape index (κ2) is 4.63. The lowest BCUT2D eigenvalue weighted by Crippen LogP contribution is -2.47. The highest BCUT2D eigenvalue weighted by atomic mass is 16.5. The predicted octanol–water partition coefficient (Wildman–Crippen LogP) is -0.202. The lowest BCUT2D eigenvalue weighted by molar-refractivity contribution is -0.146. The maximum Gasteiger partial charge on any atom is 0.323 e. The van der Waals surface area contributed by atoms with E-state index in [9.17, 15) is 4.79 Å². The standard InChI is InChI=1S/C10H15N3O3/c1-16-7-8(10(14)15)13-5-4-12-3-2-11-9(12)6-13/h2-3,8H,4-7H2,1H3,(H,14,15). The first-order valence-corrected chi connectivity index (χ1v) is 5.18. The molecule has 1 aromatic rings. The van der Waals surface area contributed by atoms with Gasteiger partial charge in [-0.3, -0.25) is 9.69 Å². The van der Waals surface area contributed by atoms with Gasteiger partial charge < -0.3 is 14.4 Å². The van der Waals surface area contributed by atoms with Gasteiger partial charge in [0.15, 0.2) is 0 Å². The number of methoxy groups -OCH3 is 1. The summed E-state index contributed by atoms with van der Waals surface area (Å²) in [5, 5.41) is 9.11. The van der Waals surface area contributed by atoms with E-state index in [-0.39, 0.29) is 6.61 Å². The zero-order valence-electron chi connectivity index (χ0n) is 9.17. The molecule has 1 aromatic heterocycles. The fourth-order valence-electron chi connectivity index (χ4n) is 1.95. The number of carbonyl (C=O) groups is 1. The first-order chi connectivity index (χ1) is 7.72. The molecular formula is C10H15N3O3. The van der Waals surface area contributed by atoms with E-state index in [1.165, 1.54) is 7.11 Å². The largest absolute Gasteiger partial charge is 0.480 e. The van der Waals surface area contributed by atoms with Crippen molar-refractivity contribution in [1.29, 1.82) is 0 Å². The van der Waals surface area contributed by atoms with Gasteiger partial charge in [0.25, 0.3) is 0 Å². The Balaban J connectivity index is 2.09. The van der Waals surface area contributed by atoms with E-state index in [1.54, 1.807) is 6.20 Å². The number of carboxylic acids is 1. The molecule has 2 rings (SSSR count). The smallest absolute Gasteiger partial charge is 0.323 e. The summed E-state index contributed by atoms with van der Waals surface area (Å²) in [6.45, 7) is 2.26. The first-order valence-electron chi connectivity index (χ1n) is 5.18. The maximum atomic E-state index is 11.1. The number of hydrogen-bond donors (Lipinski definition) is 1. The second-order valence-corrected chi connectivity index (χ2v) is 3.82. The SMILES string of the molecule is COCC(C(=O)O)N1CCn2ccnc2C1. The molecule has 6 heteroatoms. The molecule has 6 nitrogen and oxygen atoms in total. The van der Waals surface area contributed by atoms with Gasteiger partial charge in [0.05, 0.1) is 13.2 Å². The van der Waals surface area contributed by atoms with Gasteiger partial charge in [-0.1, -0.05) is 0 Å². The minimum atomic E-state index is -0.846. The van der Waals surface area contributed by atoms with Gasteiger partial charge in [0.1, 0.15) is 11.9 Å². The van der Waals surface area contributed by atoms with Crippen molar-refractivity contribution in [3.05, 3.63) is 18.2 Å². The van der Waals surface area contributed by atoms with E-state index in [0.29, 0.717) is 13.1 Å². The van der Waals surface area contributed by atoms with Crippen LogP contribution in [0.5, 0.6) is 0 Å². The van der Waals surface area contributed by atoms with Crippen LogP contribution in [0.25, 0.3) is 0 Å². The fraction of sp³-hybridized carbons (Fsp3) is 0.600. The Kier molecular flexibility index (Phi) is 3.21. The Labute approximate surface area is 93.4 Å². The highest BCUT2D eigenvalue weighted by Crippen LogP contribution is 2.13. The molecule has 1 aliphatic rings. The number of rotatable bonds is 4. The summed E-state index contributed by atoms with van der Waals surface area (Å²) in [5.41, 5.74) is 0. The number of imidazole rings is 1. The highest BCUT2D eigenvalue weighted by molar-refractivity contribution is 5.73. The molecule has 1 aliphatic heterocycles. The van der Waals surface area contributed by atoms with Crippen LogP contribution < -0.4 is 0 Å². The minimum absolute atomic E-state index is 0.204. The average Bonchev–Trinajstić information content (AvgIpc) is 2.72. The van der Waals surface area contributed by atoms with E-state index in [2.05, 4.69) is 4.98 Å². The predicted molar refractivity (Wildman–Crippen MR) is 55.9 cm³/mol. The van der Waals surface area contributed by atoms with Crippen LogP contribution in [0.4, 0.5) is 0 Å². The summed E-state index contributed by atoms with van der Waals surface area (Å²) in [5.74, 6) is 0.0652. The zero-order chi connectivity index (χ0) is 11.5. The van der Waals surface area contributed by atoms with Crippen molar-refractivity contribution in [1.82, 2.24) is 14.5 Å². The van der Waals surface area contributed by atoms with E-state index >= 15 is 0 Å². The molecule has 0 saturated carbocycles. The molecule has 0 amide bonds. The minimum Gasteiger partial charge on any atom is -0.480 e. The third-order valence-electron chi connectivity index (χ3n) is 2.82. The van der Waals surface area contributed by atoms with Crippen molar-refractivity contribution in [3.63, 3.8) is 0 Å². The van der Waals surface area contributed by atoms with Gasteiger partial charge in [-0.2, -0.15) is 0 Å². The molecule has 0 bridgehead atoms. The maximum absolute atomic E-state index is 11.1. The lowest BCUT2D eigenvalue weighted by atomic mass is 10.2. The highest BCUT2D eigenvalue weighted by Gasteiger charge is 2.28. The normalized spacial score (nSPS) is 18.1. The summed E-state index contributed by atoms with van der Waals surface area (Å²) in [4.78, 5) is 17.2. The molecule has 0 fully saturated rings. The third kappa shape index (κ3) is 2.07. The Morgan fingerprint density at radius 1 is 1.69 bits per heavy atom. The average molecular weight is 225 g/mol. The van der Waals surface area contributed by atoms with Gasteiger partial charge in [0, 0.05) is 32.6 Å². The van der Waals surface area contributed by atoms with Crippen LogP contribution in [0.3, 0.4) is 0 Å².